The van der Waals surface area contributed by atoms with Gasteiger partial charge in [-0.25, -0.2) is 0 Å². The zero-order chi connectivity index (χ0) is 14.4. The van der Waals surface area contributed by atoms with Crippen molar-refractivity contribution in [2.24, 2.45) is 5.92 Å². The van der Waals surface area contributed by atoms with E-state index in [1.165, 1.54) is 0 Å². The van der Waals surface area contributed by atoms with Gasteiger partial charge in [0.25, 0.3) is 5.91 Å². The second-order valence-corrected chi connectivity index (χ2v) is 6.34. The van der Waals surface area contributed by atoms with Gasteiger partial charge in [0, 0.05) is 18.5 Å². The number of H-pyrrole nitrogens is 1. The van der Waals surface area contributed by atoms with Gasteiger partial charge in [-0.05, 0) is 42.1 Å². The third kappa shape index (κ3) is 2.13. The molecule has 1 aliphatic carbocycles. The Morgan fingerprint density at radius 2 is 2.10 bits per heavy atom. The fraction of sp³-hybridized carbons (Fsp3) is 0.615. The summed E-state index contributed by atoms with van der Waals surface area (Å²) in [5, 5.41) is 16.2. The Morgan fingerprint density at radius 1 is 1.40 bits per heavy atom. The number of aromatic amines is 1. The number of amides is 1. The molecule has 1 aromatic heterocycles. The highest BCUT2D eigenvalue weighted by Gasteiger charge is 2.40. The van der Waals surface area contributed by atoms with Gasteiger partial charge in [-0.1, -0.05) is 0 Å². The lowest BCUT2D eigenvalue weighted by Gasteiger charge is -2.22. The molecule has 2 fully saturated rings. The molecule has 2 unspecified atom stereocenters. The standard InChI is InChI=1S/C13H16BrN3O3/c1-6-8(13(19)20)4-5-17(6)12(18)11-9(14)10(15-16-11)7-2-3-7/h6-8H,2-5H2,1H3,(H,15,16)(H,19,20). The van der Waals surface area contributed by atoms with Gasteiger partial charge >= 0.3 is 5.97 Å². The summed E-state index contributed by atoms with van der Waals surface area (Å²) in [6, 6.07) is -0.298. The molecule has 2 atom stereocenters. The molecular formula is C13H16BrN3O3. The van der Waals surface area contributed by atoms with Crippen LogP contribution in [0.3, 0.4) is 0 Å². The first-order valence-electron chi connectivity index (χ1n) is 6.78. The summed E-state index contributed by atoms with van der Waals surface area (Å²) in [6.07, 6.45) is 2.74. The fourth-order valence-corrected chi connectivity index (χ4v) is 3.49. The average Bonchev–Trinajstić information content (AvgIpc) is 3.05. The highest BCUT2D eigenvalue weighted by atomic mass is 79.9. The Hall–Kier alpha value is -1.37. The number of rotatable bonds is 3. The largest absolute Gasteiger partial charge is 0.481 e. The maximum absolute atomic E-state index is 12.5. The van der Waals surface area contributed by atoms with Gasteiger partial charge in [-0.15, -0.1) is 0 Å². The lowest BCUT2D eigenvalue weighted by Crippen LogP contribution is -2.38. The van der Waals surface area contributed by atoms with E-state index in [1.807, 2.05) is 0 Å². The van der Waals surface area contributed by atoms with Crippen molar-refractivity contribution in [3.8, 4) is 0 Å². The highest BCUT2D eigenvalue weighted by molar-refractivity contribution is 9.10. The minimum absolute atomic E-state index is 0.198. The van der Waals surface area contributed by atoms with Crippen LogP contribution in [0.5, 0.6) is 0 Å². The van der Waals surface area contributed by atoms with Crippen LogP contribution in [0.4, 0.5) is 0 Å². The molecule has 1 amide bonds. The van der Waals surface area contributed by atoms with Crippen molar-refractivity contribution >= 4 is 27.8 Å². The molecule has 7 heteroatoms. The van der Waals surface area contributed by atoms with Crippen molar-refractivity contribution in [3.63, 3.8) is 0 Å². The molecule has 20 heavy (non-hydrogen) atoms. The van der Waals surface area contributed by atoms with E-state index in [1.54, 1.807) is 11.8 Å². The summed E-state index contributed by atoms with van der Waals surface area (Å²) in [5.41, 5.74) is 1.35. The van der Waals surface area contributed by atoms with Gasteiger partial charge in [0.2, 0.25) is 0 Å². The number of nitrogens with zero attached hydrogens (tertiary/aromatic N) is 2. The van der Waals surface area contributed by atoms with E-state index in [4.69, 9.17) is 5.11 Å². The molecule has 0 radical (unpaired) electrons. The Morgan fingerprint density at radius 3 is 2.65 bits per heavy atom. The van der Waals surface area contributed by atoms with E-state index in [0.717, 1.165) is 23.0 Å². The quantitative estimate of drug-likeness (QED) is 0.880. The van der Waals surface area contributed by atoms with Crippen molar-refractivity contribution in [1.82, 2.24) is 15.1 Å². The third-order valence-electron chi connectivity index (χ3n) is 4.25. The molecular weight excluding hydrogens is 326 g/mol. The molecule has 2 heterocycles. The predicted octanol–water partition coefficient (Wildman–Crippen LogP) is 1.98. The molecule has 2 N–H and O–H groups in total. The molecule has 0 bridgehead atoms. The summed E-state index contributed by atoms with van der Waals surface area (Å²) < 4.78 is 0.732. The van der Waals surface area contributed by atoms with Crippen LogP contribution in [-0.4, -0.2) is 44.7 Å². The second kappa shape index (κ2) is 4.87. The van der Waals surface area contributed by atoms with E-state index >= 15 is 0 Å². The first-order chi connectivity index (χ1) is 9.50. The predicted molar refractivity (Wildman–Crippen MR) is 74.5 cm³/mol. The molecule has 3 rings (SSSR count). The molecule has 2 aliphatic rings. The number of hydrogen-bond donors (Lipinski definition) is 2. The van der Waals surface area contributed by atoms with Crippen molar-refractivity contribution in [2.45, 2.75) is 38.1 Å². The molecule has 0 aromatic carbocycles. The number of carboxylic acids is 1. The maximum Gasteiger partial charge on any atom is 0.308 e. The summed E-state index contributed by atoms with van der Waals surface area (Å²) >= 11 is 3.45. The smallest absolute Gasteiger partial charge is 0.308 e. The van der Waals surface area contributed by atoms with Crippen LogP contribution in [0.25, 0.3) is 0 Å². The van der Waals surface area contributed by atoms with Gasteiger partial charge in [0.1, 0.15) is 0 Å². The lowest BCUT2D eigenvalue weighted by atomic mass is 10.0. The third-order valence-corrected chi connectivity index (χ3v) is 5.06. The topological polar surface area (TPSA) is 86.3 Å². The van der Waals surface area contributed by atoms with Crippen LogP contribution in [0.1, 0.15) is 48.3 Å². The van der Waals surface area contributed by atoms with Gasteiger partial charge in [-0.2, -0.15) is 5.10 Å². The van der Waals surface area contributed by atoms with Gasteiger partial charge < -0.3 is 10.0 Å². The molecule has 0 spiro atoms. The Kier molecular flexibility index (Phi) is 3.32. The molecule has 6 nitrogen and oxygen atoms in total. The minimum Gasteiger partial charge on any atom is -0.481 e. The zero-order valence-electron chi connectivity index (χ0n) is 11.1. The van der Waals surface area contributed by atoms with Crippen molar-refractivity contribution in [3.05, 3.63) is 15.9 Å². The number of nitrogens with one attached hydrogen (secondary N) is 1. The first-order valence-corrected chi connectivity index (χ1v) is 7.57. The van der Waals surface area contributed by atoms with Crippen molar-refractivity contribution in [2.75, 3.05) is 6.54 Å². The number of aromatic nitrogens is 2. The Balaban J connectivity index is 1.81. The number of carbonyl (C=O) groups excluding carboxylic acids is 1. The highest BCUT2D eigenvalue weighted by Crippen LogP contribution is 2.43. The van der Waals surface area contributed by atoms with Crippen molar-refractivity contribution < 1.29 is 14.7 Å². The minimum atomic E-state index is -0.840. The number of hydrogen-bond acceptors (Lipinski definition) is 3. The summed E-state index contributed by atoms with van der Waals surface area (Å²) in [4.78, 5) is 25.2. The molecule has 1 saturated heterocycles. The average molecular weight is 342 g/mol. The Bertz CT molecular complexity index is 567. The lowest BCUT2D eigenvalue weighted by molar-refractivity contribution is -0.142. The number of halogens is 1. The summed E-state index contributed by atoms with van der Waals surface area (Å²) in [7, 11) is 0. The second-order valence-electron chi connectivity index (χ2n) is 5.55. The van der Waals surface area contributed by atoms with Gasteiger partial charge in [0.15, 0.2) is 5.69 Å². The molecule has 1 saturated carbocycles. The number of carbonyl (C=O) groups is 2. The van der Waals surface area contributed by atoms with E-state index in [2.05, 4.69) is 26.1 Å². The van der Waals surface area contributed by atoms with Crippen LogP contribution in [0.15, 0.2) is 4.47 Å². The van der Waals surface area contributed by atoms with Crippen LogP contribution < -0.4 is 0 Å². The summed E-state index contributed by atoms with van der Waals surface area (Å²) in [5.74, 6) is -1.05. The zero-order valence-corrected chi connectivity index (χ0v) is 12.7. The normalized spacial score (nSPS) is 26.0. The van der Waals surface area contributed by atoms with E-state index in [-0.39, 0.29) is 11.9 Å². The fourth-order valence-electron chi connectivity index (χ4n) is 2.82. The number of likely N-dealkylation sites (tertiary alicyclic amines) is 1. The number of carboxylic acid groups (broad SMARTS) is 1. The first kappa shape index (κ1) is 13.6. The Labute approximate surface area is 124 Å². The van der Waals surface area contributed by atoms with E-state index in [9.17, 15) is 9.59 Å². The van der Waals surface area contributed by atoms with Gasteiger partial charge in [-0.3, -0.25) is 14.7 Å². The van der Waals surface area contributed by atoms with Crippen LogP contribution in [0.2, 0.25) is 0 Å². The molecule has 1 aliphatic heterocycles. The molecule has 1 aromatic rings. The van der Waals surface area contributed by atoms with E-state index in [0.29, 0.717) is 24.6 Å². The van der Waals surface area contributed by atoms with Crippen molar-refractivity contribution in [1.29, 1.82) is 0 Å². The maximum atomic E-state index is 12.5. The van der Waals surface area contributed by atoms with E-state index < -0.39 is 11.9 Å². The number of aliphatic carboxylic acids is 1. The molecule has 108 valence electrons. The summed E-state index contributed by atoms with van der Waals surface area (Å²) in [6.45, 7) is 2.25. The SMILES string of the molecule is CC1C(C(=O)O)CCN1C(=O)c1n[nH]c(C2CC2)c1Br. The van der Waals surface area contributed by atoms with Crippen LogP contribution >= 0.6 is 15.9 Å². The van der Waals surface area contributed by atoms with Crippen LogP contribution in [0, 0.1) is 5.92 Å². The monoisotopic (exact) mass is 341 g/mol. The van der Waals surface area contributed by atoms with Gasteiger partial charge in [0.05, 0.1) is 16.1 Å². The van der Waals surface area contributed by atoms with Crippen LogP contribution in [-0.2, 0) is 4.79 Å².